The van der Waals surface area contributed by atoms with E-state index in [0.29, 0.717) is 0 Å². The van der Waals surface area contributed by atoms with Gasteiger partial charge in [0.05, 0.1) is 4.90 Å². The molecule has 0 unspecified atom stereocenters. The van der Waals surface area contributed by atoms with Crippen LogP contribution >= 0.6 is 0 Å². The van der Waals surface area contributed by atoms with Gasteiger partial charge in [-0.2, -0.15) is 0 Å². The minimum absolute atomic E-state index is 0.281. The smallest absolute Gasteiger partial charge is 0.175 e. The van der Waals surface area contributed by atoms with Gasteiger partial charge in [0.2, 0.25) is 0 Å². The Morgan fingerprint density at radius 2 is 1.24 bits per heavy atom. The van der Waals surface area contributed by atoms with Crippen LogP contribution in [0, 0.1) is 5.82 Å². The van der Waals surface area contributed by atoms with Crippen molar-refractivity contribution in [1.82, 2.24) is 0 Å². The van der Waals surface area contributed by atoms with Gasteiger partial charge in [0, 0.05) is 6.26 Å². The largest absolute Gasteiger partial charge is 0.224 e. The normalized spacial score (nSPS) is 11.4. The van der Waals surface area contributed by atoms with E-state index in [1.807, 2.05) is 0 Å². The minimum atomic E-state index is -3.17. The molecule has 0 fully saturated rings. The van der Waals surface area contributed by atoms with E-state index >= 15 is 0 Å². The lowest BCUT2D eigenvalue weighted by Crippen LogP contribution is -1.96. The van der Waals surface area contributed by atoms with Crippen molar-refractivity contribution in [2.75, 3.05) is 6.26 Å². The van der Waals surface area contributed by atoms with Gasteiger partial charge in [-0.1, -0.05) is 24.3 Å². The predicted octanol–water partition coefficient (Wildman–Crippen LogP) is 2.90. The number of benzene rings is 2. The Morgan fingerprint density at radius 3 is 1.65 bits per heavy atom. The van der Waals surface area contributed by atoms with E-state index in [9.17, 15) is 12.8 Å². The average Bonchev–Trinajstić information content (AvgIpc) is 2.29. The number of rotatable bonds is 2. The number of hydrogen-bond acceptors (Lipinski definition) is 2. The van der Waals surface area contributed by atoms with Crippen LogP contribution in [0.25, 0.3) is 11.1 Å². The molecule has 0 saturated carbocycles. The Morgan fingerprint density at radius 1 is 0.824 bits per heavy atom. The first-order valence-electron chi connectivity index (χ1n) is 5.03. The molecule has 2 nitrogen and oxygen atoms in total. The Hall–Kier alpha value is -1.68. The summed E-state index contributed by atoms with van der Waals surface area (Å²) in [5.74, 6) is -0.290. The van der Waals surface area contributed by atoms with E-state index in [1.165, 1.54) is 18.4 Å². The quantitative estimate of drug-likeness (QED) is 0.820. The Balaban J connectivity index is 2.39. The average molecular weight is 249 g/mol. The van der Waals surface area contributed by atoms with E-state index in [-0.39, 0.29) is 10.7 Å². The molecule has 4 heteroatoms. The second-order valence-corrected chi connectivity index (χ2v) is 5.82. The number of halogens is 1. The molecule has 0 amide bonds. The monoisotopic (exact) mass is 249 g/mol. The van der Waals surface area contributed by atoms with Crippen molar-refractivity contribution in [1.29, 1.82) is 0 Å². The lowest BCUT2D eigenvalue weighted by Gasteiger charge is -2.03. The first-order chi connectivity index (χ1) is 7.97. The van der Waals surface area contributed by atoms with Crippen LogP contribution in [0.5, 0.6) is 0 Å². The van der Waals surface area contributed by atoms with Crippen molar-refractivity contribution >= 4 is 9.84 Å². The molecule has 2 aromatic rings. The molecule has 0 spiro atoms. The van der Waals surface area contributed by atoms with Crippen LogP contribution in [0.15, 0.2) is 53.4 Å². The molecule has 17 heavy (non-hydrogen) atoms. The third kappa shape index (κ3) is 2.71. The molecule has 0 atom stereocenters. The third-order valence-electron chi connectivity index (χ3n) is 2.46. The van der Waals surface area contributed by atoms with Gasteiger partial charge in [-0.15, -0.1) is 0 Å². The summed E-state index contributed by atoms with van der Waals surface area (Å²) in [5, 5.41) is 0. The topological polar surface area (TPSA) is 34.1 Å². The zero-order valence-corrected chi connectivity index (χ0v) is 10.0. The lowest BCUT2D eigenvalue weighted by atomic mass is 10.1. The Labute approximate surface area is 99.6 Å². The highest BCUT2D eigenvalue weighted by Gasteiger charge is 2.06. The van der Waals surface area contributed by atoms with Gasteiger partial charge < -0.3 is 0 Å². The van der Waals surface area contributed by atoms with E-state index in [1.54, 1.807) is 36.4 Å². The van der Waals surface area contributed by atoms with Gasteiger partial charge in [-0.3, -0.25) is 0 Å². The minimum Gasteiger partial charge on any atom is -0.224 e. The number of hydrogen-bond donors (Lipinski definition) is 0. The Bertz CT molecular complexity index is 613. The SMILES string of the molecule is CS(=O)(=O)c1ccc(-c2ccc([18F])cc2)cc1. The molecule has 88 valence electrons. The highest BCUT2D eigenvalue weighted by atomic mass is 32.2. The first-order valence-corrected chi connectivity index (χ1v) is 6.92. The van der Waals surface area contributed by atoms with Crippen molar-refractivity contribution in [3.8, 4) is 11.1 Å². The standard InChI is InChI=1S/C13H11FO2S/c1-17(15,16)13-8-4-11(5-9-13)10-2-6-12(14)7-3-10/h2-9H,1H3/i14-1. The molecule has 0 radical (unpaired) electrons. The van der Waals surface area contributed by atoms with E-state index in [2.05, 4.69) is 0 Å². The van der Waals surface area contributed by atoms with Crippen LogP contribution in [0.2, 0.25) is 0 Å². The summed E-state index contributed by atoms with van der Waals surface area (Å²) in [7, 11) is -3.17. The Kier molecular flexibility index (Phi) is 2.98. The van der Waals surface area contributed by atoms with E-state index < -0.39 is 9.84 Å². The van der Waals surface area contributed by atoms with Crippen molar-refractivity contribution in [2.24, 2.45) is 0 Å². The van der Waals surface area contributed by atoms with Crippen molar-refractivity contribution in [3.63, 3.8) is 0 Å². The number of sulfone groups is 1. The van der Waals surface area contributed by atoms with Crippen LogP contribution in [-0.4, -0.2) is 14.7 Å². The molecule has 0 N–H and O–H groups in total. The van der Waals surface area contributed by atoms with Gasteiger partial charge in [0.25, 0.3) is 0 Å². The molecular weight excluding hydrogens is 238 g/mol. The van der Waals surface area contributed by atoms with Crippen molar-refractivity contribution in [3.05, 3.63) is 54.3 Å². The highest BCUT2D eigenvalue weighted by Crippen LogP contribution is 2.21. The third-order valence-corrected chi connectivity index (χ3v) is 3.59. The van der Waals surface area contributed by atoms with Crippen molar-refractivity contribution in [2.45, 2.75) is 4.90 Å². The molecule has 0 aliphatic carbocycles. The molecule has 0 saturated heterocycles. The highest BCUT2D eigenvalue weighted by molar-refractivity contribution is 7.90. The fourth-order valence-electron chi connectivity index (χ4n) is 1.54. The maximum Gasteiger partial charge on any atom is 0.175 e. The molecular formula is C13H11FO2S. The lowest BCUT2D eigenvalue weighted by molar-refractivity contribution is 0.602. The van der Waals surface area contributed by atoms with Crippen LogP contribution in [0.1, 0.15) is 0 Å². The van der Waals surface area contributed by atoms with Crippen molar-refractivity contribution < 1.29 is 12.8 Å². The van der Waals surface area contributed by atoms with Gasteiger partial charge in [0.15, 0.2) is 9.84 Å². The maximum absolute atomic E-state index is 12.7. The molecule has 2 rings (SSSR count). The molecule has 2 aromatic carbocycles. The van der Waals surface area contributed by atoms with E-state index in [0.717, 1.165) is 11.1 Å². The zero-order chi connectivity index (χ0) is 12.5. The first kappa shape index (κ1) is 11.8. The second kappa shape index (κ2) is 4.30. The molecule has 0 heterocycles. The fourth-order valence-corrected chi connectivity index (χ4v) is 2.17. The summed E-state index contributed by atoms with van der Waals surface area (Å²) in [5.41, 5.74) is 1.71. The molecule has 0 bridgehead atoms. The van der Waals surface area contributed by atoms with Crippen LogP contribution in [-0.2, 0) is 9.84 Å². The summed E-state index contributed by atoms with van der Waals surface area (Å²) >= 11 is 0. The maximum atomic E-state index is 12.7. The van der Waals surface area contributed by atoms with Gasteiger partial charge in [0.1, 0.15) is 5.82 Å². The van der Waals surface area contributed by atoms with Gasteiger partial charge in [-0.05, 0) is 35.4 Å². The van der Waals surface area contributed by atoms with Crippen LogP contribution in [0.4, 0.5) is 4.39 Å². The predicted molar refractivity (Wildman–Crippen MR) is 64.9 cm³/mol. The van der Waals surface area contributed by atoms with Crippen LogP contribution in [0.3, 0.4) is 0 Å². The second-order valence-electron chi connectivity index (χ2n) is 3.80. The van der Waals surface area contributed by atoms with Gasteiger partial charge >= 0.3 is 0 Å². The summed E-state index contributed by atoms with van der Waals surface area (Å²) < 4.78 is 35.3. The van der Waals surface area contributed by atoms with Gasteiger partial charge in [-0.25, -0.2) is 12.8 Å². The summed E-state index contributed by atoms with van der Waals surface area (Å²) in [6.07, 6.45) is 1.17. The molecule has 0 aromatic heterocycles. The summed E-state index contributed by atoms with van der Waals surface area (Å²) in [4.78, 5) is 0.281. The zero-order valence-electron chi connectivity index (χ0n) is 9.22. The summed E-state index contributed by atoms with van der Waals surface area (Å²) in [6.45, 7) is 0. The summed E-state index contributed by atoms with van der Waals surface area (Å²) in [6, 6.07) is 12.6. The molecule has 0 aliphatic rings. The fraction of sp³-hybridized carbons (Fsp3) is 0.0769. The van der Waals surface area contributed by atoms with Crippen LogP contribution < -0.4 is 0 Å². The molecule has 0 aliphatic heterocycles. The van der Waals surface area contributed by atoms with E-state index in [4.69, 9.17) is 0 Å².